The first-order chi connectivity index (χ1) is 7.06. The molecule has 0 heterocycles. The Balaban J connectivity index is 2.99. The van der Waals surface area contributed by atoms with Gasteiger partial charge >= 0.3 is 0 Å². The van der Waals surface area contributed by atoms with Crippen molar-refractivity contribution in [1.29, 1.82) is 0 Å². The van der Waals surface area contributed by atoms with Crippen LogP contribution in [0.1, 0.15) is 57.8 Å². The second kappa shape index (κ2) is 9.09. The van der Waals surface area contributed by atoms with E-state index in [2.05, 4.69) is 0 Å². The molecule has 92 valence electrons. The summed E-state index contributed by atoms with van der Waals surface area (Å²) in [5.41, 5.74) is 5.02. The van der Waals surface area contributed by atoms with E-state index in [1.165, 1.54) is 19.3 Å². The Kier molecular flexibility index (Phi) is 9.00. The minimum Gasteiger partial charge on any atom is -0.396 e. The molecule has 0 saturated heterocycles. The highest BCUT2D eigenvalue weighted by Gasteiger charge is 2.13. The Hall–Kier alpha value is -0.160. The summed E-state index contributed by atoms with van der Waals surface area (Å²) < 4.78 is 0. The second-order valence-electron chi connectivity index (χ2n) is 4.18. The van der Waals surface area contributed by atoms with Gasteiger partial charge in [-0.25, -0.2) is 0 Å². The zero-order chi connectivity index (χ0) is 11.6. The smallest absolute Gasteiger partial charge is 0.219 e. The summed E-state index contributed by atoms with van der Waals surface area (Å²) in [6.45, 7) is 0.297. The van der Waals surface area contributed by atoms with Gasteiger partial charge in [-0.2, -0.15) is 0 Å². The summed E-state index contributed by atoms with van der Waals surface area (Å²) in [5.74, 6) is -1.98. The first kappa shape index (κ1) is 14.8. The molecule has 0 atom stereocenters. The molecular formula is C11H25NO3. The van der Waals surface area contributed by atoms with Crippen LogP contribution in [0, 0.1) is 0 Å². The van der Waals surface area contributed by atoms with Crippen LogP contribution in [0.2, 0.25) is 0 Å². The van der Waals surface area contributed by atoms with Crippen LogP contribution in [-0.2, 0) is 0 Å². The molecule has 15 heavy (non-hydrogen) atoms. The Morgan fingerprint density at radius 3 is 1.53 bits per heavy atom. The SMILES string of the molecule is NC(O)(O)CCCCCCCCCCO. The molecule has 0 rings (SSSR count). The normalized spacial score (nSPS) is 12.0. The van der Waals surface area contributed by atoms with Crippen LogP contribution >= 0.6 is 0 Å². The lowest BCUT2D eigenvalue weighted by Crippen LogP contribution is -2.38. The molecular weight excluding hydrogens is 194 g/mol. The van der Waals surface area contributed by atoms with Crippen molar-refractivity contribution in [3.63, 3.8) is 0 Å². The number of hydrogen-bond acceptors (Lipinski definition) is 4. The van der Waals surface area contributed by atoms with Crippen LogP contribution < -0.4 is 5.73 Å². The second-order valence-corrected chi connectivity index (χ2v) is 4.18. The van der Waals surface area contributed by atoms with Gasteiger partial charge in [0.2, 0.25) is 5.91 Å². The minimum atomic E-state index is -1.98. The van der Waals surface area contributed by atoms with E-state index in [0.717, 1.165) is 32.1 Å². The predicted molar refractivity (Wildman–Crippen MR) is 60.0 cm³/mol. The zero-order valence-electron chi connectivity index (χ0n) is 9.49. The quantitative estimate of drug-likeness (QED) is 0.327. The van der Waals surface area contributed by atoms with Crippen LogP contribution in [0.3, 0.4) is 0 Å². The maximum absolute atomic E-state index is 8.83. The van der Waals surface area contributed by atoms with Crippen molar-refractivity contribution in [2.45, 2.75) is 63.7 Å². The third kappa shape index (κ3) is 13.8. The Morgan fingerprint density at radius 1 is 0.733 bits per heavy atom. The first-order valence-corrected chi connectivity index (χ1v) is 5.91. The Labute approximate surface area is 92.1 Å². The van der Waals surface area contributed by atoms with Gasteiger partial charge in [-0.15, -0.1) is 0 Å². The summed E-state index contributed by atoms with van der Waals surface area (Å²) in [6.07, 6.45) is 8.71. The highest BCUT2D eigenvalue weighted by molar-refractivity contribution is 4.54. The topological polar surface area (TPSA) is 86.7 Å². The molecule has 0 bridgehead atoms. The molecule has 0 saturated carbocycles. The molecule has 0 aromatic heterocycles. The fourth-order valence-electron chi connectivity index (χ4n) is 1.56. The van der Waals surface area contributed by atoms with Crippen molar-refractivity contribution in [3.05, 3.63) is 0 Å². The molecule has 0 aliphatic heterocycles. The summed E-state index contributed by atoms with van der Waals surface area (Å²) >= 11 is 0. The molecule has 0 aromatic rings. The highest BCUT2D eigenvalue weighted by Crippen LogP contribution is 2.11. The number of hydrogen-bond donors (Lipinski definition) is 4. The van der Waals surface area contributed by atoms with Crippen molar-refractivity contribution < 1.29 is 15.3 Å². The summed E-state index contributed by atoms with van der Waals surface area (Å²) in [4.78, 5) is 0. The first-order valence-electron chi connectivity index (χ1n) is 5.91. The lowest BCUT2D eigenvalue weighted by molar-refractivity contribution is -0.160. The summed E-state index contributed by atoms with van der Waals surface area (Å²) in [7, 11) is 0. The lowest BCUT2D eigenvalue weighted by Gasteiger charge is -2.14. The largest absolute Gasteiger partial charge is 0.396 e. The van der Waals surface area contributed by atoms with E-state index in [9.17, 15) is 0 Å². The summed E-state index contributed by atoms with van der Waals surface area (Å²) in [6, 6.07) is 0. The highest BCUT2D eigenvalue weighted by atomic mass is 16.5. The fourth-order valence-corrected chi connectivity index (χ4v) is 1.56. The Morgan fingerprint density at radius 2 is 1.13 bits per heavy atom. The fraction of sp³-hybridized carbons (Fsp3) is 1.00. The van der Waals surface area contributed by atoms with E-state index in [1.54, 1.807) is 0 Å². The van der Waals surface area contributed by atoms with Crippen LogP contribution in [-0.4, -0.2) is 27.8 Å². The van der Waals surface area contributed by atoms with Gasteiger partial charge < -0.3 is 15.3 Å². The molecule has 0 fully saturated rings. The van der Waals surface area contributed by atoms with E-state index < -0.39 is 5.91 Å². The van der Waals surface area contributed by atoms with E-state index in [4.69, 9.17) is 21.1 Å². The van der Waals surface area contributed by atoms with E-state index in [1.807, 2.05) is 0 Å². The molecule has 0 amide bonds. The molecule has 0 spiro atoms. The standard InChI is InChI=1S/C11H25NO3/c12-11(14,15)9-7-5-3-1-2-4-6-8-10-13/h13-15H,1-10,12H2. The number of aliphatic hydroxyl groups is 3. The number of unbranched alkanes of at least 4 members (excludes halogenated alkanes) is 7. The molecule has 0 unspecified atom stereocenters. The third-order valence-electron chi connectivity index (χ3n) is 2.45. The third-order valence-corrected chi connectivity index (χ3v) is 2.45. The predicted octanol–water partition coefficient (Wildman–Crippen LogP) is 1.09. The van der Waals surface area contributed by atoms with Crippen molar-refractivity contribution >= 4 is 0 Å². The minimum absolute atomic E-state index is 0.248. The molecule has 4 nitrogen and oxygen atoms in total. The number of rotatable bonds is 10. The van der Waals surface area contributed by atoms with Gasteiger partial charge in [0.05, 0.1) is 0 Å². The van der Waals surface area contributed by atoms with Gasteiger partial charge in [-0.05, 0) is 12.8 Å². The van der Waals surface area contributed by atoms with E-state index >= 15 is 0 Å². The monoisotopic (exact) mass is 219 g/mol. The average molecular weight is 219 g/mol. The van der Waals surface area contributed by atoms with E-state index in [-0.39, 0.29) is 6.42 Å². The zero-order valence-corrected chi connectivity index (χ0v) is 9.49. The molecule has 4 heteroatoms. The number of nitrogens with two attached hydrogens (primary N) is 1. The van der Waals surface area contributed by atoms with Gasteiger partial charge in [0.1, 0.15) is 0 Å². The van der Waals surface area contributed by atoms with Gasteiger partial charge in [0, 0.05) is 13.0 Å². The average Bonchev–Trinajstić information content (AvgIpc) is 2.14. The van der Waals surface area contributed by atoms with Crippen molar-refractivity contribution in [2.24, 2.45) is 5.73 Å². The van der Waals surface area contributed by atoms with Crippen LogP contribution in [0.4, 0.5) is 0 Å². The van der Waals surface area contributed by atoms with Crippen LogP contribution in [0.5, 0.6) is 0 Å². The van der Waals surface area contributed by atoms with Crippen molar-refractivity contribution in [3.8, 4) is 0 Å². The summed E-state index contributed by atoms with van der Waals surface area (Å²) in [5, 5.41) is 26.2. The Bertz CT molecular complexity index is 134. The molecule has 0 radical (unpaired) electrons. The number of aliphatic hydroxyl groups excluding tert-OH is 1. The van der Waals surface area contributed by atoms with Gasteiger partial charge in [0.25, 0.3) is 0 Å². The van der Waals surface area contributed by atoms with Gasteiger partial charge in [0.15, 0.2) is 0 Å². The van der Waals surface area contributed by atoms with Crippen molar-refractivity contribution in [1.82, 2.24) is 0 Å². The van der Waals surface area contributed by atoms with Crippen LogP contribution in [0.25, 0.3) is 0 Å². The van der Waals surface area contributed by atoms with Crippen LogP contribution in [0.15, 0.2) is 0 Å². The molecule has 0 aliphatic carbocycles. The van der Waals surface area contributed by atoms with Gasteiger partial charge in [-0.1, -0.05) is 38.5 Å². The molecule has 5 N–H and O–H groups in total. The maximum Gasteiger partial charge on any atom is 0.219 e. The maximum atomic E-state index is 8.83. The molecule has 0 aliphatic rings. The van der Waals surface area contributed by atoms with Gasteiger partial charge in [-0.3, -0.25) is 5.73 Å². The van der Waals surface area contributed by atoms with E-state index in [0.29, 0.717) is 6.61 Å². The van der Waals surface area contributed by atoms with Crippen molar-refractivity contribution in [2.75, 3.05) is 6.61 Å². The lowest BCUT2D eigenvalue weighted by atomic mass is 10.1. The molecule has 0 aromatic carbocycles.